The maximum absolute atomic E-state index is 14.9. The van der Waals surface area contributed by atoms with Gasteiger partial charge in [0.05, 0.1) is 17.3 Å². The van der Waals surface area contributed by atoms with Crippen LogP contribution in [0.25, 0.3) is 11.0 Å². The number of nitrogens with one attached hydrogen (secondary N) is 3. The maximum Gasteiger partial charge on any atom is 0.407 e. The summed E-state index contributed by atoms with van der Waals surface area (Å²) >= 11 is 0. The molecule has 3 aromatic rings. The summed E-state index contributed by atoms with van der Waals surface area (Å²) < 4.78 is 22.2. The molecule has 0 spiro atoms. The van der Waals surface area contributed by atoms with E-state index in [0.29, 0.717) is 5.69 Å². The second kappa shape index (κ2) is 9.78. The first kappa shape index (κ1) is 24.3. The summed E-state index contributed by atoms with van der Waals surface area (Å²) in [6, 6.07) is 6.39. The standard InChI is InChI=1S/C25H30FN7O2/c1-25(2,3)35-24(34)31-20-8-6-5-7-19(20)30-22-17(26)13-15(14-27)21(32-22)29-18-9-11-28-23-16(18)10-12-33(23)4/h9-13,19-20H,5-8H2,1-4H3,(H,31,34)(H2,28,29,30,32)/t19-,20?/m1/s1. The molecule has 0 bridgehead atoms. The number of ether oxygens (including phenoxy) is 1. The van der Waals surface area contributed by atoms with Gasteiger partial charge in [0, 0.05) is 30.9 Å². The van der Waals surface area contributed by atoms with Crippen molar-refractivity contribution in [1.82, 2.24) is 19.9 Å². The largest absolute Gasteiger partial charge is 0.444 e. The van der Waals surface area contributed by atoms with Gasteiger partial charge in [-0.15, -0.1) is 0 Å². The number of nitriles is 1. The minimum Gasteiger partial charge on any atom is -0.444 e. The molecule has 1 unspecified atom stereocenters. The van der Waals surface area contributed by atoms with Crippen LogP contribution >= 0.6 is 0 Å². The molecule has 0 radical (unpaired) electrons. The Labute approximate surface area is 203 Å². The fourth-order valence-corrected chi connectivity index (χ4v) is 4.28. The van der Waals surface area contributed by atoms with Crippen LogP contribution in [0.2, 0.25) is 0 Å². The van der Waals surface area contributed by atoms with Gasteiger partial charge in [0.1, 0.15) is 17.3 Å². The summed E-state index contributed by atoms with van der Waals surface area (Å²) in [7, 11) is 1.89. The summed E-state index contributed by atoms with van der Waals surface area (Å²) in [5.41, 5.74) is 0.952. The van der Waals surface area contributed by atoms with Crippen LogP contribution in [-0.4, -0.2) is 38.3 Å². The minimum atomic E-state index is -0.631. The number of alkyl carbamates (subject to hydrolysis) is 1. The number of amides is 1. The maximum atomic E-state index is 14.9. The predicted molar refractivity (Wildman–Crippen MR) is 132 cm³/mol. The van der Waals surface area contributed by atoms with Crippen LogP contribution in [-0.2, 0) is 11.8 Å². The highest BCUT2D eigenvalue weighted by Gasteiger charge is 2.29. The first-order chi connectivity index (χ1) is 16.6. The van der Waals surface area contributed by atoms with E-state index in [1.165, 1.54) is 6.07 Å². The normalized spacial score (nSPS) is 18.1. The Morgan fingerprint density at radius 3 is 2.69 bits per heavy atom. The van der Waals surface area contributed by atoms with Crippen molar-refractivity contribution in [2.75, 3.05) is 10.6 Å². The zero-order chi connectivity index (χ0) is 25.2. The SMILES string of the molecule is Cn1ccc2c(Nc3nc(N[C@@H]4CCCCC4NC(=O)OC(C)(C)C)c(F)cc3C#N)ccnc21. The van der Waals surface area contributed by atoms with Gasteiger partial charge in [0.15, 0.2) is 17.5 Å². The number of hydrogen-bond acceptors (Lipinski definition) is 7. The molecule has 1 aliphatic carbocycles. The van der Waals surface area contributed by atoms with Crippen LogP contribution in [0.15, 0.2) is 30.6 Å². The number of aryl methyl sites for hydroxylation is 1. The summed E-state index contributed by atoms with van der Waals surface area (Å²) in [6.45, 7) is 5.42. The van der Waals surface area contributed by atoms with Gasteiger partial charge in [-0.05, 0) is 51.8 Å². The van der Waals surface area contributed by atoms with E-state index in [4.69, 9.17) is 4.74 Å². The van der Waals surface area contributed by atoms with E-state index in [1.54, 1.807) is 33.0 Å². The summed E-state index contributed by atoms with van der Waals surface area (Å²) in [5, 5.41) is 19.7. The van der Waals surface area contributed by atoms with Gasteiger partial charge in [-0.1, -0.05) is 12.8 Å². The molecule has 1 fully saturated rings. The van der Waals surface area contributed by atoms with Gasteiger partial charge in [-0.25, -0.2) is 19.2 Å². The molecule has 9 nitrogen and oxygen atoms in total. The van der Waals surface area contributed by atoms with Crippen molar-refractivity contribution in [2.45, 2.75) is 64.1 Å². The highest BCUT2D eigenvalue weighted by Crippen LogP contribution is 2.29. The number of rotatable bonds is 5. The van der Waals surface area contributed by atoms with Gasteiger partial charge in [0.25, 0.3) is 0 Å². The van der Waals surface area contributed by atoms with E-state index < -0.39 is 17.5 Å². The van der Waals surface area contributed by atoms with E-state index >= 15 is 0 Å². The molecule has 1 amide bonds. The summed E-state index contributed by atoms with van der Waals surface area (Å²) in [5.74, 6) is -0.374. The number of carbonyl (C=O) groups is 1. The molecule has 1 aliphatic rings. The highest BCUT2D eigenvalue weighted by atomic mass is 19.1. The van der Waals surface area contributed by atoms with E-state index in [-0.39, 0.29) is 29.3 Å². The number of nitrogens with zero attached hydrogens (tertiary/aromatic N) is 4. The minimum absolute atomic E-state index is 0.0211. The molecule has 0 aromatic carbocycles. The molecule has 3 heterocycles. The van der Waals surface area contributed by atoms with E-state index in [9.17, 15) is 14.4 Å². The third-order valence-electron chi connectivity index (χ3n) is 5.91. The van der Waals surface area contributed by atoms with Crippen LogP contribution in [0.5, 0.6) is 0 Å². The molecule has 3 N–H and O–H groups in total. The van der Waals surface area contributed by atoms with Gasteiger partial charge < -0.3 is 25.3 Å². The van der Waals surface area contributed by atoms with Crippen molar-refractivity contribution in [3.8, 4) is 6.07 Å². The van der Waals surface area contributed by atoms with E-state index in [1.807, 2.05) is 29.9 Å². The second-order valence-electron chi connectivity index (χ2n) is 9.76. The van der Waals surface area contributed by atoms with Gasteiger partial charge in [0.2, 0.25) is 0 Å². The van der Waals surface area contributed by atoms with Crippen LogP contribution in [0, 0.1) is 17.1 Å². The van der Waals surface area contributed by atoms with Crippen molar-refractivity contribution in [1.29, 1.82) is 5.26 Å². The lowest BCUT2D eigenvalue weighted by Gasteiger charge is -2.33. The third kappa shape index (κ3) is 5.62. The topological polar surface area (TPSA) is 117 Å². The molecule has 3 aromatic heterocycles. The monoisotopic (exact) mass is 479 g/mol. The van der Waals surface area contributed by atoms with Crippen LogP contribution < -0.4 is 16.0 Å². The summed E-state index contributed by atoms with van der Waals surface area (Å²) in [4.78, 5) is 21.1. The lowest BCUT2D eigenvalue weighted by molar-refractivity contribution is 0.0488. The molecule has 2 atom stereocenters. The van der Waals surface area contributed by atoms with Crippen molar-refractivity contribution in [3.63, 3.8) is 0 Å². The number of hydrogen-bond donors (Lipinski definition) is 3. The average molecular weight is 480 g/mol. The molecule has 35 heavy (non-hydrogen) atoms. The molecule has 184 valence electrons. The van der Waals surface area contributed by atoms with Crippen LogP contribution in [0.1, 0.15) is 52.0 Å². The number of fused-ring (bicyclic) bond motifs is 1. The van der Waals surface area contributed by atoms with Gasteiger partial charge in [-0.2, -0.15) is 5.26 Å². The third-order valence-corrected chi connectivity index (χ3v) is 5.91. The fraction of sp³-hybridized carbons (Fsp3) is 0.440. The Bertz CT molecular complexity index is 1280. The Balaban J connectivity index is 1.58. The van der Waals surface area contributed by atoms with Crippen molar-refractivity contribution in [2.24, 2.45) is 7.05 Å². The first-order valence-corrected chi connectivity index (χ1v) is 11.7. The Morgan fingerprint density at radius 2 is 1.97 bits per heavy atom. The lowest BCUT2D eigenvalue weighted by atomic mass is 9.90. The molecule has 1 saturated carbocycles. The van der Waals surface area contributed by atoms with Crippen molar-refractivity contribution >= 4 is 34.4 Å². The average Bonchev–Trinajstić information content (AvgIpc) is 3.17. The molecular weight excluding hydrogens is 449 g/mol. The predicted octanol–water partition coefficient (Wildman–Crippen LogP) is 4.97. The Hall–Kier alpha value is -3.87. The van der Waals surface area contributed by atoms with E-state index in [0.717, 1.165) is 36.7 Å². The number of pyridine rings is 2. The van der Waals surface area contributed by atoms with Gasteiger partial charge in [-0.3, -0.25) is 0 Å². The number of aromatic nitrogens is 3. The van der Waals surface area contributed by atoms with Crippen molar-refractivity contribution in [3.05, 3.63) is 42.0 Å². The van der Waals surface area contributed by atoms with E-state index in [2.05, 4.69) is 25.9 Å². The summed E-state index contributed by atoms with van der Waals surface area (Å²) in [6.07, 6.45) is 6.41. The van der Waals surface area contributed by atoms with Crippen LogP contribution in [0.4, 0.5) is 26.5 Å². The zero-order valence-corrected chi connectivity index (χ0v) is 20.4. The van der Waals surface area contributed by atoms with Gasteiger partial charge >= 0.3 is 6.09 Å². The quantitative estimate of drug-likeness (QED) is 0.473. The number of carbonyl (C=O) groups excluding carboxylic acids is 1. The van der Waals surface area contributed by atoms with Crippen LogP contribution in [0.3, 0.4) is 0 Å². The smallest absolute Gasteiger partial charge is 0.407 e. The first-order valence-electron chi connectivity index (χ1n) is 11.7. The zero-order valence-electron chi connectivity index (χ0n) is 20.4. The molecule has 0 saturated heterocycles. The fourth-order valence-electron chi connectivity index (χ4n) is 4.28. The molecule has 10 heteroatoms. The van der Waals surface area contributed by atoms with Crippen molar-refractivity contribution < 1.29 is 13.9 Å². The molecule has 4 rings (SSSR count). The number of anilines is 3. The Morgan fingerprint density at radius 1 is 1.23 bits per heavy atom. The molecule has 0 aliphatic heterocycles. The second-order valence-corrected chi connectivity index (χ2v) is 9.76. The number of halogens is 1. The molecular formula is C25H30FN7O2. The highest BCUT2D eigenvalue weighted by molar-refractivity contribution is 5.91. The lowest BCUT2D eigenvalue weighted by Crippen LogP contribution is -2.50. The Kier molecular flexibility index (Phi) is 6.78.